The first kappa shape index (κ1) is 20.9. The second kappa shape index (κ2) is 9.17. The van der Waals surface area contributed by atoms with Crippen molar-refractivity contribution in [1.82, 2.24) is 15.1 Å². The molecular formula is C23H20N4O5. The van der Waals surface area contributed by atoms with Gasteiger partial charge in [-0.25, -0.2) is 0 Å². The molecular weight excluding hydrogens is 412 g/mol. The Morgan fingerprint density at radius 2 is 1.66 bits per heavy atom. The van der Waals surface area contributed by atoms with Crippen molar-refractivity contribution in [3.05, 3.63) is 66.4 Å². The monoisotopic (exact) mass is 432 g/mol. The zero-order chi connectivity index (χ0) is 22.5. The summed E-state index contributed by atoms with van der Waals surface area (Å²) >= 11 is 0. The van der Waals surface area contributed by atoms with Crippen molar-refractivity contribution in [3.63, 3.8) is 0 Å². The lowest BCUT2D eigenvalue weighted by Crippen LogP contribution is -2.13. The third-order valence-electron chi connectivity index (χ3n) is 4.65. The zero-order valence-electron chi connectivity index (χ0n) is 17.7. The van der Waals surface area contributed by atoms with E-state index in [0.717, 1.165) is 0 Å². The van der Waals surface area contributed by atoms with Gasteiger partial charge in [0.15, 0.2) is 11.5 Å². The number of carbonyl (C=O) groups excluding carboxylic acids is 1. The quantitative estimate of drug-likeness (QED) is 0.465. The smallest absolute Gasteiger partial charge is 0.260 e. The highest BCUT2D eigenvalue weighted by molar-refractivity contribution is 6.06. The van der Waals surface area contributed by atoms with Crippen molar-refractivity contribution in [2.45, 2.75) is 0 Å². The standard InChI is InChI=1S/C23H20N4O5/c1-29-18-12-14(13-19(30-2)20(18)31-3)22(28)25-16-9-5-4-8-15(16)23-26-21(27-32-23)17-10-6-7-11-24-17/h4-13H,1-3H3,(H,25,28). The molecule has 0 unspecified atom stereocenters. The Labute approximate surface area is 184 Å². The van der Waals surface area contributed by atoms with Crippen molar-refractivity contribution in [2.24, 2.45) is 0 Å². The van der Waals surface area contributed by atoms with Crippen LogP contribution in [-0.2, 0) is 0 Å². The van der Waals surface area contributed by atoms with Gasteiger partial charge < -0.3 is 24.1 Å². The highest BCUT2D eigenvalue weighted by atomic mass is 16.5. The van der Waals surface area contributed by atoms with Crippen LogP contribution < -0.4 is 19.5 Å². The molecule has 0 atom stereocenters. The Bertz CT molecular complexity index is 1220. The Hall–Kier alpha value is -4.40. The lowest BCUT2D eigenvalue weighted by Gasteiger charge is -2.14. The zero-order valence-corrected chi connectivity index (χ0v) is 17.7. The van der Waals surface area contributed by atoms with Gasteiger partial charge in [0.05, 0.1) is 32.6 Å². The average molecular weight is 432 g/mol. The number of hydrogen-bond donors (Lipinski definition) is 1. The van der Waals surface area contributed by atoms with Crippen LogP contribution in [0, 0.1) is 0 Å². The second-order valence-electron chi connectivity index (χ2n) is 6.55. The molecule has 9 nitrogen and oxygen atoms in total. The van der Waals surface area contributed by atoms with E-state index in [4.69, 9.17) is 18.7 Å². The van der Waals surface area contributed by atoms with E-state index in [1.54, 1.807) is 48.7 Å². The minimum Gasteiger partial charge on any atom is -0.493 e. The van der Waals surface area contributed by atoms with E-state index >= 15 is 0 Å². The van der Waals surface area contributed by atoms with Crippen LogP contribution in [0.3, 0.4) is 0 Å². The van der Waals surface area contributed by atoms with E-state index < -0.39 is 0 Å². The maximum absolute atomic E-state index is 13.0. The van der Waals surface area contributed by atoms with Gasteiger partial charge in [-0.3, -0.25) is 9.78 Å². The number of rotatable bonds is 7. The third-order valence-corrected chi connectivity index (χ3v) is 4.65. The van der Waals surface area contributed by atoms with Gasteiger partial charge in [-0.15, -0.1) is 0 Å². The van der Waals surface area contributed by atoms with Gasteiger partial charge in [0, 0.05) is 11.8 Å². The van der Waals surface area contributed by atoms with Crippen LogP contribution in [0.4, 0.5) is 5.69 Å². The molecule has 0 saturated heterocycles. The van der Waals surface area contributed by atoms with Crippen LogP contribution in [0.5, 0.6) is 17.2 Å². The van der Waals surface area contributed by atoms with Crippen LogP contribution in [0.25, 0.3) is 23.0 Å². The average Bonchev–Trinajstić information content (AvgIpc) is 3.34. The number of nitrogens with one attached hydrogen (secondary N) is 1. The molecule has 4 rings (SSSR count). The fourth-order valence-corrected chi connectivity index (χ4v) is 3.12. The lowest BCUT2D eigenvalue weighted by atomic mass is 10.1. The molecule has 2 aromatic heterocycles. The molecule has 9 heteroatoms. The molecule has 1 N–H and O–H groups in total. The van der Waals surface area contributed by atoms with Gasteiger partial charge in [-0.2, -0.15) is 4.98 Å². The molecule has 0 spiro atoms. The van der Waals surface area contributed by atoms with Crippen LogP contribution >= 0.6 is 0 Å². The highest BCUT2D eigenvalue weighted by Gasteiger charge is 2.20. The SMILES string of the molecule is COc1cc(C(=O)Nc2ccccc2-c2nc(-c3ccccn3)no2)cc(OC)c1OC. The topological polar surface area (TPSA) is 109 Å². The maximum Gasteiger partial charge on any atom is 0.260 e. The number of methoxy groups -OCH3 is 3. The second-order valence-corrected chi connectivity index (χ2v) is 6.55. The van der Waals surface area contributed by atoms with Gasteiger partial charge in [0.1, 0.15) is 5.69 Å². The van der Waals surface area contributed by atoms with Crippen molar-refractivity contribution < 1.29 is 23.5 Å². The summed E-state index contributed by atoms with van der Waals surface area (Å²) in [5.74, 6) is 1.39. The van der Waals surface area contributed by atoms with E-state index in [1.807, 2.05) is 12.1 Å². The summed E-state index contributed by atoms with van der Waals surface area (Å²) in [6.07, 6.45) is 1.65. The predicted molar refractivity (Wildman–Crippen MR) is 117 cm³/mol. The first-order chi connectivity index (χ1) is 15.6. The molecule has 2 heterocycles. The van der Waals surface area contributed by atoms with Crippen LogP contribution in [0.15, 0.2) is 65.3 Å². The lowest BCUT2D eigenvalue weighted by molar-refractivity contribution is 0.102. The molecule has 0 saturated carbocycles. The number of para-hydroxylation sites is 1. The highest BCUT2D eigenvalue weighted by Crippen LogP contribution is 2.38. The predicted octanol–water partition coefficient (Wildman–Crippen LogP) is 4.08. The summed E-state index contributed by atoms with van der Waals surface area (Å²) in [7, 11) is 4.48. The maximum atomic E-state index is 13.0. The Morgan fingerprint density at radius 1 is 0.938 bits per heavy atom. The van der Waals surface area contributed by atoms with Crippen LogP contribution in [-0.4, -0.2) is 42.4 Å². The first-order valence-corrected chi connectivity index (χ1v) is 9.60. The van der Waals surface area contributed by atoms with Crippen molar-refractivity contribution in [1.29, 1.82) is 0 Å². The summed E-state index contributed by atoms with van der Waals surface area (Å²) < 4.78 is 21.4. The van der Waals surface area contributed by atoms with E-state index in [9.17, 15) is 4.79 Å². The van der Waals surface area contributed by atoms with Crippen molar-refractivity contribution >= 4 is 11.6 Å². The number of carbonyl (C=O) groups is 1. The fraction of sp³-hybridized carbons (Fsp3) is 0.130. The van der Waals surface area contributed by atoms with E-state index in [0.29, 0.717) is 45.6 Å². The summed E-state index contributed by atoms with van der Waals surface area (Å²) in [6, 6.07) is 15.7. The molecule has 1 amide bonds. The molecule has 32 heavy (non-hydrogen) atoms. The molecule has 2 aromatic carbocycles. The van der Waals surface area contributed by atoms with Gasteiger partial charge in [-0.1, -0.05) is 23.4 Å². The third kappa shape index (κ3) is 4.08. The molecule has 0 aliphatic heterocycles. The fourth-order valence-electron chi connectivity index (χ4n) is 3.12. The molecule has 0 aliphatic rings. The van der Waals surface area contributed by atoms with Gasteiger partial charge >= 0.3 is 0 Å². The number of nitrogens with zero attached hydrogens (tertiary/aromatic N) is 3. The number of pyridine rings is 1. The van der Waals surface area contributed by atoms with Gasteiger partial charge in [-0.05, 0) is 36.4 Å². The minimum atomic E-state index is -0.374. The number of hydrogen-bond acceptors (Lipinski definition) is 8. The Kier molecular flexibility index (Phi) is 5.98. The van der Waals surface area contributed by atoms with Gasteiger partial charge in [0.25, 0.3) is 11.8 Å². The molecule has 0 radical (unpaired) electrons. The molecule has 4 aromatic rings. The summed E-state index contributed by atoms with van der Waals surface area (Å²) in [4.78, 5) is 21.7. The largest absolute Gasteiger partial charge is 0.493 e. The molecule has 0 bridgehead atoms. The van der Waals surface area contributed by atoms with E-state index in [1.165, 1.54) is 21.3 Å². The molecule has 0 aliphatic carbocycles. The summed E-state index contributed by atoms with van der Waals surface area (Å²) in [5, 5.41) is 6.88. The first-order valence-electron chi connectivity index (χ1n) is 9.60. The number of ether oxygens (including phenoxy) is 3. The molecule has 162 valence electrons. The summed E-state index contributed by atoms with van der Waals surface area (Å²) in [6.45, 7) is 0. The normalized spacial score (nSPS) is 10.5. The van der Waals surface area contributed by atoms with Gasteiger partial charge in [0.2, 0.25) is 11.6 Å². The number of anilines is 1. The number of aromatic nitrogens is 3. The van der Waals surface area contributed by atoms with E-state index in [2.05, 4.69) is 20.4 Å². The number of benzene rings is 2. The van der Waals surface area contributed by atoms with Crippen molar-refractivity contribution in [2.75, 3.05) is 26.6 Å². The summed E-state index contributed by atoms with van der Waals surface area (Å²) in [5.41, 5.74) is 1.99. The van der Waals surface area contributed by atoms with Crippen molar-refractivity contribution in [3.8, 4) is 40.2 Å². The molecule has 0 fully saturated rings. The van der Waals surface area contributed by atoms with Crippen LogP contribution in [0.1, 0.15) is 10.4 Å². The van der Waals surface area contributed by atoms with Crippen LogP contribution in [0.2, 0.25) is 0 Å². The Morgan fingerprint density at radius 3 is 2.31 bits per heavy atom. The van der Waals surface area contributed by atoms with E-state index in [-0.39, 0.29) is 11.8 Å². The number of amides is 1. The Balaban J connectivity index is 1.65. The minimum absolute atomic E-state index is 0.256.